The summed E-state index contributed by atoms with van der Waals surface area (Å²) >= 11 is 3.48. The minimum absolute atomic E-state index is 0.0360. The van der Waals surface area contributed by atoms with Gasteiger partial charge in [-0.3, -0.25) is 14.8 Å². The number of cyclic esters (lactones) is 1. The Morgan fingerprint density at radius 1 is 1.42 bits per heavy atom. The number of ether oxygens (including phenoxy) is 1. The molecular formula is C17H23N3O4S2. The minimum Gasteiger partial charge on any atom is -0.477 e. The molecule has 4 aliphatic heterocycles. The number of likely N-dealkylation sites (tertiary alicyclic amines) is 1. The third-order valence-corrected chi connectivity index (χ3v) is 8.55. The summed E-state index contributed by atoms with van der Waals surface area (Å²) in [6.07, 6.45) is -0.214. The molecule has 0 aromatic heterocycles. The molecule has 1 N–H and O–H groups in total. The maximum absolute atomic E-state index is 12.0. The molecule has 7 nitrogen and oxygen atoms in total. The fraction of sp³-hybridized carbons (Fsp3) is 0.765. The van der Waals surface area contributed by atoms with E-state index in [1.165, 1.54) is 0 Å². The van der Waals surface area contributed by atoms with Gasteiger partial charge in [-0.15, -0.1) is 11.8 Å². The van der Waals surface area contributed by atoms with Crippen molar-refractivity contribution in [2.24, 2.45) is 21.8 Å². The van der Waals surface area contributed by atoms with Gasteiger partial charge < -0.3 is 14.7 Å². The highest BCUT2D eigenvalue weighted by Gasteiger charge is 2.60. The Hall–Kier alpha value is -1.22. The molecule has 142 valence electrons. The van der Waals surface area contributed by atoms with Gasteiger partial charge in [-0.05, 0) is 19.8 Å². The van der Waals surface area contributed by atoms with Crippen LogP contribution in [0.3, 0.4) is 0 Å². The van der Waals surface area contributed by atoms with Crippen molar-refractivity contribution in [3.05, 3.63) is 0 Å². The fourth-order valence-corrected chi connectivity index (χ4v) is 6.85. The van der Waals surface area contributed by atoms with Gasteiger partial charge >= 0.3 is 11.9 Å². The van der Waals surface area contributed by atoms with E-state index in [0.29, 0.717) is 5.25 Å². The van der Waals surface area contributed by atoms with Crippen LogP contribution in [0.1, 0.15) is 20.8 Å². The monoisotopic (exact) mass is 397 g/mol. The molecule has 9 heteroatoms. The highest BCUT2D eigenvalue weighted by atomic mass is 32.2. The number of hydrogen-bond acceptors (Lipinski definition) is 8. The van der Waals surface area contributed by atoms with Crippen LogP contribution >= 0.6 is 23.5 Å². The number of nitrogens with zero attached hydrogens (tertiary/aromatic N) is 3. The lowest BCUT2D eigenvalue weighted by molar-refractivity contribution is -0.189. The third-order valence-electron chi connectivity index (χ3n) is 5.91. The molecule has 5 atom stereocenters. The second kappa shape index (κ2) is 6.44. The molecule has 4 rings (SSSR count). The number of carbonyl (C=O) groups excluding carboxylic acids is 1. The first-order valence-corrected chi connectivity index (χ1v) is 10.8. The summed E-state index contributed by atoms with van der Waals surface area (Å²) in [5.41, 5.74) is -0.516. The number of carboxylic acid groups (broad SMARTS) is 1. The van der Waals surface area contributed by atoms with Crippen molar-refractivity contribution in [3.63, 3.8) is 0 Å². The first kappa shape index (κ1) is 18.2. The van der Waals surface area contributed by atoms with Gasteiger partial charge in [0, 0.05) is 24.1 Å². The molecule has 0 amide bonds. The van der Waals surface area contributed by atoms with E-state index in [0.717, 1.165) is 30.6 Å². The van der Waals surface area contributed by atoms with Crippen LogP contribution in [0.2, 0.25) is 0 Å². The van der Waals surface area contributed by atoms with E-state index in [1.54, 1.807) is 23.5 Å². The summed E-state index contributed by atoms with van der Waals surface area (Å²) in [6.45, 7) is 8.45. The van der Waals surface area contributed by atoms with E-state index in [1.807, 2.05) is 20.8 Å². The largest absolute Gasteiger partial charge is 0.477 e. The zero-order valence-electron chi connectivity index (χ0n) is 15.0. The van der Waals surface area contributed by atoms with E-state index in [4.69, 9.17) is 4.74 Å². The van der Waals surface area contributed by atoms with Gasteiger partial charge in [-0.25, -0.2) is 4.79 Å². The first-order chi connectivity index (χ1) is 12.3. The number of esters is 1. The number of amidine groups is 1. The molecule has 0 bridgehead atoms. The molecule has 26 heavy (non-hydrogen) atoms. The summed E-state index contributed by atoms with van der Waals surface area (Å²) in [4.78, 5) is 35.1. The van der Waals surface area contributed by atoms with Gasteiger partial charge in [0.25, 0.3) is 0 Å². The van der Waals surface area contributed by atoms with Gasteiger partial charge in [0.05, 0.1) is 17.3 Å². The Morgan fingerprint density at radius 2 is 2.15 bits per heavy atom. The maximum Gasteiger partial charge on any atom is 0.350 e. The first-order valence-electron chi connectivity index (χ1n) is 8.92. The topological polar surface area (TPSA) is 91.6 Å². The molecule has 2 saturated heterocycles. The fourth-order valence-electron chi connectivity index (χ4n) is 4.23. The lowest BCUT2D eigenvalue weighted by atomic mass is 9.72. The molecule has 4 aliphatic rings. The molecule has 4 heterocycles. The Bertz CT molecular complexity index is 706. The number of thioether (sulfide) groups is 2. The summed E-state index contributed by atoms with van der Waals surface area (Å²) in [7, 11) is 0. The lowest BCUT2D eigenvalue weighted by Crippen LogP contribution is -2.57. The molecule has 0 aromatic carbocycles. The quantitative estimate of drug-likeness (QED) is 0.716. The van der Waals surface area contributed by atoms with Crippen molar-refractivity contribution in [3.8, 4) is 0 Å². The number of aliphatic imine (C=N–C) groups is 2. The standard InChI is InChI=1S/C17H23N3O4S2/c1-8-13(26-10-6-20(7-10)16-18-4-5-25-16)12(14(21)22)19-17(8,3)11-9(2)24-15(11)23/h8-11,13H,4-7H2,1-3H3,(H,21,22)/t8-,9+,11-,13?,17+/m0/s1. The average molecular weight is 398 g/mol. The summed E-state index contributed by atoms with van der Waals surface area (Å²) in [6, 6.07) is 0. The van der Waals surface area contributed by atoms with Crippen LogP contribution in [0, 0.1) is 11.8 Å². The second-order valence-corrected chi connectivity index (χ2v) is 10.0. The number of aliphatic carboxylic acids is 1. The van der Waals surface area contributed by atoms with Crippen molar-refractivity contribution in [2.45, 2.75) is 42.9 Å². The van der Waals surface area contributed by atoms with Crippen LogP contribution in [-0.2, 0) is 14.3 Å². The zero-order valence-corrected chi connectivity index (χ0v) is 16.7. The highest BCUT2D eigenvalue weighted by molar-refractivity contribution is 8.14. The Balaban J connectivity index is 1.47. The SMILES string of the molecule is C[C@H]1OC(=O)[C@H]1[C@]1(C)N=C(C(=O)O)C(SC2CN(C3=NCCS3)C2)[C@@H]1C. The predicted octanol–water partition coefficient (Wildman–Crippen LogP) is 1.37. The maximum atomic E-state index is 12.0. The van der Waals surface area contributed by atoms with Crippen LogP contribution in [0.15, 0.2) is 9.98 Å². The van der Waals surface area contributed by atoms with Crippen molar-refractivity contribution in [2.75, 3.05) is 25.4 Å². The summed E-state index contributed by atoms with van der Waals surface area (Å²) in [5, 5.41) is 10.9. The molecule has 0 radical (unpaired) electrons. The zero-order chi connectivity index (χ0) is 18.6. The molecule has 0 aromatic rings. The molecule has 0 spiro atoms. The highest BCUT2D eigenvalue weighted by Crippen LogP contribution is 2.49. The van der Waals surface area contributed by atoms with Crippen LogP contribution in [0.25, 0.3) is 0 Å². The average Bonchev–Trinajstić information content (AvgIpc) is 3.12. The molecular weight excluding hydrogens is 374 g/mol. The van der Waals surface area contributed by atoms with E-state index < -0.39 is 11.5 Å². The number of hydrogen-bond donors (Lipinski definition) is 1. The van der Waals surface area contributed by atoms with Crippen LogP contribution < -0.4 is 0 Å². The van der Waals surface area contributed by atoms with Crippen LogP contribution in [0.5, 0.6) is 0 Å². The number of rotatable bonds is 4. The minimum atomic E-state index is -0.981. The smallest absolute Gasteiger partial charge is 0.350 e. The number of carbonyl (C=O) groups is 2. The Kier molecular flexibility index (Phi) is 4.50. The van der Waals surface area contributed by atoms with E-state index in [9.17, 15) is 14.7 Å². The Morgan fingerprint density at radius 3 is 2.69 bits per heavy atom. The van der Waals surface area contributed by atoms with Crippen molar-refractivity contribution in [1.82, 2.24) is 4.90 Å². The van der Waals surface area contributed by atoms with Gasteiger partial charge in [0.2, 0.25) is 0 Å². The molecule has 1 unspecified atom stereocenters. The van der Waals surface area contributed by atoms with Crippen LogP contribution in [-0.4, -0.2) is 80.4 Å². The van der Waals surface area contributed by atoms with E-state index in [2.05, 4.69) is 14.9 Å². The second-order valence-electron chi connectivity index (χ2n) is 7.53. The van der Waals surface area contributed by atoms with Crippen LogP contribution in [0.4, 0.5) is 0 Å². The molecule has 0 aliphatic carbocycles. The lowest BCUT2D eigenvalue weighted by Gasteiger charge is -2.45. The van der Waals surface area contributed by atoms with E-state index >= 15 is 0 Å². The van der Waals surface area contributed by atoms with Gasteiger partial charge in [-0.2, -0.15) is 0 Å². The summed E-state index contributed by atoms with van der Waals surface area (Å²) < 4.78 is 5.11. The van der Waals surface area contributed by atoms with Crippen molar-refractivity contribution < 1.29 is 19.4 Å². The van der Waals surface area contributed by atoms with Gasteiger partial charge in [-0.1, -0.05) is 18.7 Å². The van der Waals surface area contributed by atoms with Crippen molar-refractivity contribution >= 4 is 46.3 Å². The summed E-state index contributed by atoms with van der Waals surface area (Å²) in [5.74, 6) is -0.596. The molecule has 2 fully saturated rings. The van der Waals surface area contributed by atoms with Gasteiger partial charge in [0.15, 0.2) is 5.17 Å². The van der Waals surface area contributed by atoms with E-state index in [-0.39, 0.29) is 34.9 Å². The van der Waals surface area contributed by atoms with Crippen molar-refractivity contribution in [1.29, 1.82) is 0 Å². The normalized spacial score (nSPS) is 39.8. The molecule has 0 saturated carbocycles. The number of carboxylic acids is 1. The third kappa shape index (κ3) is 2.74. The van der Waals surface area contributed by atoms with Gasteiger partial charge in [0.1, 0.15) is 17.7 Å². The Labute approximate surface area is 161 Å². The predicted molar refractivity (Wildman–Crippen MR) is 103 cm³/mol.